The van der Waals surface area contributed by atoms with Gasteiger partial charge < -0.3 is 16.8 Å². The third-order valence-corrected chi connectivity index (χ3v) is 3.65. The highest BCUT2D eigenvalue weighted by Gasteiger charge is 2.25. The molecule has 106 valence electrons. The Labute approximate surface area is 112 Å². The Morgan fingerprint density at radius 2 is 1.95 bits per heavy atom. The molecule has 19 heavy (non-hydrogen) atoms. The van der Waals surface area contributed by atoms with Crippen molar-refractivity contribution in [1.82, 2.24) is 0 Å². The summed E-state index contributed by atoms with van der Waals surface area (Å²) in [6, 6.07) is 4.29. The molecule has 0 heterocycles. The zero-order valence-electron chi connectivity index (χ0n) is 10.8. The van der Waals surface area contributed by atoms with Gasteiger partial charge in [-0.2, -0.15) is 0 Å². The largest absolute Gasteiger partial charge is 0.399 e. The topological polar surface area (TPSA) is 141 Å². The molecule has 0 saturated carbocycles. The van der Waals surface area contributed by atoms with Crippen molar-refractivity contribution in [2.75, 3.05) is 17.6 Å². The van der Waals surface area contributed by atoms with Crippen LogP contribution < -0.4 is 21.9 Å². The van der Waals surface area contributed by atoms with E-state index in [2.05, 4.69) is 5.32 Å². The third-order valence-electron chi connectivity index (χ3n) is 2.70. The average molecular weight is 286 g/mol. The molecule has 0 spiro atoms. The molecule has 0 aliphatic heterocycles. The molecule has 0 bridgehead atoms. The van der Waals surface area contributed by atoms with Crippen molar-refractivity contribution in [2.24, 2.45) is 16.3 Å². The first-order valence-corrected chi connectivity index (χ1v) is 7.05. The number of primary amides is 1. The highest BCUT2D eigenvalue weighted by Crippen LogP contribution is 2.24. The van der Waals surface area contributed by atoms with Crippen LogP contribution in [-0.2, 0) is 14.8 Å². The van der Waals surface area contributed by atoms with Crippen LogP contribution in [0.5, 0.6) is 0 Å². The zero-order chi connectivity index (χ0) is 14.8. The minimum Gasteiger partial charge on any atom is -0.399 e. The fourth-order valence-corrected chi connectivity index (χ4v) is 2.07. The van der Waals surface area contributed by atoms with Crippen LogP contribution in [0, 0.1) is 5.41 Å². The number of nitrogens with two attached hydrogens (primary N) is 3. The monoisotopic (exact) mass is 286 g/mol. The van der Waals surface area contributed by atoms with E-state index in [1.54, 1.807) is 13.8 Å². The Kier molecular flexibility index (Phi) is 4.06. The van der Waals surface area contributed by atoms with Gasteiger partial charge in [0, 0.05) is 12.2 Å². The van der Waals surface area contributed by atoms with Crippen molar-refractivity contribution in [3.8, 4) is 0 Å². The number of anilines is 2. The van der Waals surface area contributed by atoms with Crippen LogP contribution in [0.1, 0.15) is 13.8 Å². The molecule has 7 N–H and O–H groups in total. The predicted octanol–water partition coefficient (Wildman–Crippen LogP) is -0.160. The van der Waals surface area contributed by atoms with Gasteiger partial charge in [-0.25, -0.2) is 13.6 Å². The highest BCUT2D eigenvalue weighted by molar-refractivity contribution is 7.89. The predicted molar refractivity (Wildman–Crippen MR) is 73.7 cm³/mol. The second kappa shape index (κ2) is 5.06. The van der Waals surface area contributed by atoms with E-state index in [4.69, 9.17) is 16.6 Å². The van der Waals surface area contributed by atoms with Gasteiger partial charge in [-0.1, -0.05) is 0 Å². The Hall–Kier alpha value is -1.80. The van der Waals surface area contributed by atoms with Crippen molar-refractivity contribution in [3.63, 3.8) is 0 Å². The fourth-order valence-electron chi connectivity index (χ4n) is 1.32. The second-order valence-corrected chi connectivity index (χ2v) is 6.43. The smallest absolute Gasteiger partial charge is 0.240 e. The normalized spacial score (nSPS) is 12.2. The lowest BCUT2D eigenvalue weighted by molar-refractivity contribution is -0.125. The number of carbonyl (C=O) groups is 1. The first-order chi connectivity index (χ1) is 8.54. The second-order valence-electron chi connectivity index (χ2n) is 4.90. The lowest BCUT2D eigenvalue weighted by Gasteiger charge is -2.22. The van der Waals surface area contributed by atoms with Gasteiger partial charge in [-0.15, -0.1) is 0 Å². The van der Waals surface area contributed by atoms with Crippen LogP contribution in [0.4, 0.5) is 11.4 Å². The number of carbonyl (C=O) groups excluding carboxylic acids is 1. The number of rotatable bonds is 5. The SMILES string of the molecule is CC(C)(CNc1ccc(N)cc1S(N)(=O)=O)C(N)=O. The van der Waals surface area contributed by atoms with Gasteiger partial charge in [0.15, 0.2) is 0 Å². The Balaban J connectivity index is 3.07. The van der Waals surface area contributed by atoms with E-state index >= 15 is 0 Å². The highest BCUT2D eigenvalue weighted by atomic mass is 32.2. The van der Waals surface area contributed by atoms with Gasteiger partial charge in [0.25, 0.3) is 0 Å². The molecule has 0 aliphatic carbocycles. The van der Waals surface area contributed by atoms with E-state index in [-0.39, 0.29) is 22.8 Å². The number of primary sulfonamides is 1. The molecule has 0 fully saturated rings. The van der Waals surface area contributed by atoms with Gasteiger partial charge >= 0.3 is 0 Å². The average Bonchev–Trinajstić information content (AvgIpc) is 2.26. The molecule has 0 aromatic heterocycles. The van der Waals surface area contributed by atoms with Crippen molar-refractivity contribution < 1.29 is 13.2 Å². The summed E-state index contributed by atoms with van der Waals surface area (Å²) in [4.78, 5) is 11.1. The molecule has 1 aromatic carbocycles. The van der Waals surface area contributed by atoms with Crippen molar-refractivity contribution in [3.05, 3.63) is 18.2 Å². The molecule has 1 amide bonds. The molecule has 0 aliphatic rings. The number of benzene rings is 1. The lowest BCUT2D eigenvalue weighted by atomic mass is 9.93. The number of amides is 1. The van der Waals surface area contributed by atoms with E-state index in [1.807, 2.05) is 0 Å². The van der Waals surface area contributed by atoms with Crippen molar-refractivity contribution in [1.29, 1.82) is 0 Å². The standard InChI is InChI=1S/C11H18N4O3S/c1-11(2,10(13)16)6-15-8-4-3-7(12)5-9(8)19(14,17)18/h3-5,15H,6,12H2,1-2H3,(H2,13,16)(H2,14,17,18). The number of sulfonamides is 1. The summed E-state index contributed by atoms with van der Waals surface area (Å²) in [7, 11) is -3.90. The van der Waals surface area contributed by atoms with Crippen LogP contribution >= 0.6 is 0 Å². The third kappa shape index (κ3) is 3.83. The number of hydrogen-bond donors (Lipinski definition) is 4. The van der Waals surface area contributed by atoms with Crippen LogP contribution in [0.25, 0.3) is 0 Å². The Bertz CT molecular complexity index is 596. The summed E-state index contributed by atoms with van der Waals surface area (Å²) >= 11 is 0. The molecule has 1 aromatic rings. The first kappa shape index (κ1) is 15.3. The van der Waals surface area contributed by atoms with Crippen LogP contribution in [0.15, 0.2) is 23.1 Å². The van der Waals surface area contributed by atoms with E-state index in [0.717, 1.165) is 0 Å². The summed E-state index contributed by atoms with van der Waals surface area (Å²) in [6.07, 6.45) is 0. The van der Waals surface area contributed by atoms with Gasteiger partial charge in [-0.05, 0) is 32.0 Å². The first-order valence-electron chi connectivity index (χ1n) is 5.50. The molecule has 1 rings (SSSR count). The van der Waals surface area contributed by atoms with E-state index in [0.29, 0.717) is 0 Å². The fraction of sp³-hybridized carbons (Fsp3) is 0.364. The zero-order valence-corrected chi connectivity index (χ0v) is 11.6. The molecular formula is C11H18N4O3S. The molecule has 0 saturated heterocycles. The summed E-state index contributed by atoms with van der Waals surface area (Å²) in [5.41, 5.74) is 10.5. The van der Waals surface area contributed by atoms with E-state index in [1.165, 1.54) is 18.2 Å². The summed E-state index contributed by atoms with van der Waals surface area (Å²) in [6.45, 7) is 3.47. The maximum absolute atomic E-state index is 11.5. The minimum atomic E-state index is -3.90. The number of nitrogens with one attached hydrogen (secondary N) is 1. The number of nitrogen functional groups attached to an aromatic ring is 1. The maximum atomic E-state index is 11.5. The van der Waals surface area contributed by atoms with Crippen molar-refractivity contribution >= 4 is 27.3 Å². The van der Waals surface area contributed by atoms with Crippen LogP contribution in [0.3, 0.4) is 0 Å². The number of hydrogen-bond acceptors (Lipinski definition) is 5. The van der Waals surface area contributed by atoms with Gasteiger partial charge in [0.1, 0.15) is 4.90 Å². The molecule has 7 nitrogen and oxygen atoms in total. The summed E-state index contributed by atoms with van der Waals surface area (Å²) in [5.74, 6) is -0.493. The lowest BCUT2D eigenvalue weighted by Crippen LogP contribution is -2.37. The van der Waals surface area contributed by atoms with Crippen LogP contribution in [-0.4, -0.2) is 20.9 Å². The maximum Gasteiger partial charge on any atom is 0.240 e. The Morgan fingerprint density at radius 1 is 1.37 bits per heavy atom. The Morgan fingerprint density at radius 3 is 2.42 bits per heavy atom. The summed E-state index contributed by atoms with van der Waals surface area (Å²) < 4.78 is 22.9. The van der Waals surface area contributed by atoms with Crippen molar-refractivity contribution in [2.45, 2.75) is 18.7 Å². The van der Waals surface area contributed by atoms with Gasteiger partial charge in [0.2, 0.25) is 15.9 Å². The van der Waals surface area contributed by atoms with Gasteiger partial charge in [0.05, 0.1) is 11.1 Å². The molecule has 0 atom stereocenters. The molecule has 8 heteroatoms. The van der Waals surface area contributed by atoms with E-state index in [9.17, 15) is 13.2 Å². The molecule has 0 unspecified atom stereocenters. The quantitative estimate of drug-likeness (QED) is 0.556. The molecule has 0 radical (unpaired) electrons. The summed E-state index contributed by atoms with van der Waals surface area (Å²) in [5, 5.41) is 7.96. The van der Waals surface area contributed by atoms with Crippen LogP contribution in [0.2, 0.25) is 0 Å². The van der Waals surface area contributed by atoms with Gasteiger partial charge in [-0.3, -0.25) is 4.79 Å². The van der Waals surface area contributed by atoms with E-state index < -0.39 is 21.3 Å². The minimum absolute atomic E-state index is 0.118. The molecular weight excluding hydrogens is 268 g/mol.